The molecule has 0 aliphatic rings. The average molecular weight is 572 g/mol. The molecule has 0 aliphatic carbocycles. The second-order valence-corrected chi connectivity index (χ2v) is 11.3. The van der Waals surface area contributed by atoms with E-state index in [0.29, 0.717) is 30.5 Å². The highest BCUT2D eigenvalue weighted by molar-refractivity contribution is 7.98. The van der Waals surface area contributed by atoms with Gasteiger partial charge in [-0.2, -0.15) is 4.36 Å². The Bertz CT molecular complexity index is 1400. The summed E-state index contributed by atoms with van der Waals surface area (Å²) >= 11 is 5.73. The standard InChI is InChI=1S/C23H24ClF2N5O6S/c1-38(36,30-23(32)33)13-14-8-16(31(34)35)11-17(9-14)37-7-3-2-6-27-20-10-15(4-5-18(20)25)21-19(26)12-28-22(24)29-21/h4-5,8-12,27,38H,2-3,6-7,13H2,1H3,(H,30,36)(H,32,33). The van der Waals surface area contributed by atoms with Crippen LogP contribution in [0, 0.1) is 21.7 Å². The highest BCUT2D eigenvalue weighted by Crippen LogP contribution is 2.27. The maximum atomic E-state index is 14.2. The van der Waals surface area contributed by atoms with Crippen molar-refractivity contribution in [3.63, 3.8) is 0 Å². The smallest absolute Gasteiger partial charge is 0.437 e. The number of amides is 1. The monoisotopic (exact) mass is 571 g/mol. The molecule has 0 fully saturated rings. The Morgan fingerprint density at radius 2 is 2.00 bits per heavy atom. The van der Waals surface area contributed by atoms with Crippen molar-refractivity contribution in [1.29, 1.82) is 0 Å². The Morgan fingerprint density at radius 1 is 1.24 bits per heavy atom. The van der Waals surface area contributed by atoms with Crippen LogP contribution in [0.4, 0.5) is 25.0 Å². The molecule has 1 heterocycles. The number of nitro benzene ring substituents is 1. The van der Waals surface area contributed by atoms with E-state index in [1.165, 1.54) is 42.7 Å². The van der Waals surface area contributed by atoms with Crippen molar-refractivity contribution in [2.75, 3.05) is 24.7 Å². The number of halogens is 3. The molecule has 0 spiro atoms. The van der Waals surface area contributed by atoms with Crippen molar-refractivity contribution in [3.8, 4) is 17.0 Å². The van der Waals surface area contributed by atoms with Crippen LogP contribution < -0.4 is 10.1 Å². The van der Waals surface area contributed by atoms with Gasteiger partial charge in [-0.15, -0.1) is 0 Å². The summed E-state index contributed by atoms with van der Waals surface area (Å²) < 4.78 is 47.4. The second-order valence-electron chi connectivity index (χ2n) is 8.23. The molecule has 0 radical (unpaired) electrons. The van der Waals surface area contributed by atoms with E-state index < -0.39 is 32.8 Å². The lowest BCUT2D eigenvalue weighted by Gasteiger charge is -2.17. The summed E-state index contributed by atoms with van der Waals surface area (Å²) in [6.07, 6.45) is 1.74. The number of carboxylic acid groups (broad SMARTS) is 1. The van der Waals surface area contributed by atoms with Gasteiger partial charge >= 0.3 is 6.09 Å². The molecule has 2 aromatic carbocycles. The van der Waals surface area contributed by atoms with E-state index in [-0.39, 0.29) is 40.5 Å². The number of rotatable bonds is 11. The Kier molecular flexibility index (Phi) is 9.61. The van der Waals surface area contributed by atoms with Gasteiger partial charge in [-0.1, -0.05) is 10.1 Å². The van der Waals surface area contributed by atoms with Crippen molar-refractivity contribution in [1.82, 2.24) is 9.97 Å². The van der Waals surface area contributed by atoms with Crippen LogP contribution >= 0.6 is 11.6 Å². The zero-order valence-corrected chi connectivity index (χ0v) is 21.6. The zero-order valence-electron chi connectivity index (χ0n) is 20.0. The van der Waals surface area contributed by atoms with Gasteiger partial charge < -0.3 is 19.7 Å². The quantitative estimate of drug-likeness (QED) is 0.0754. The highest BCUT2D eigenvalue weighted by atomic mass is 35.5. The Labute approximate surface area is 221 Å². The normalized spacial score (nSPS) is 11.6. The summed E-state index contributed by atoms with van der Waals surface area (Å²) in [6.45, 7) is 0.529. The molecule has 0 bridgehead atoms. The van der Waals surface area contributed by atoms with Crippen LogP contribution in [0.25, 0.3) is 11.3 Å². The minimum atomic E-state index is -3.22. The molecule has 0 saturated carbocycles. The fourth-order valence-electron chi connectivity index (χ4n) is 3.49. The van der Waals surface area contributed by atoms with Crippen molar-refractivity contribution >= 4 is 39.2 Å². The van der Waals surface area contributed by atoms with E-state index in [4.69, 9.17) is 21.4 Å². The molecule has 1 aromatic heterocycles. The number of benzene rings is 2. The number of anilines is 1. The highest BCUT2D eigenvalue weighted by Gasteiger charge is 2.15. The SMILES string of the molecule is C[SH](O)(Cc1cc(OCCCCNc2cc(-c3nc(Cl)ncc3F)ccc2F)cc([N+](=O)[O-])c1)=NC(=O)O. The summed E-state index contributed by atoms with van der Waals surface area (Å²) in [5.74, 6) is -1.23. The van der Waals surface area contributed by atoms with Crippen LogP contribution in [0.2, 0.25) is 5.28 Å². The number of thiol groups is 1. The Hall–Kier alpha value is -3.75. The summed E-state index contributed by atoms with van der Waals surface area (Å²) in [5.41, 5.74) is 0.446. The van der Waals surface area contributed by atoms with Gasteiger partial charge in [0.25, 0.3) is 5.69 Å². The van der Waals surface area contributed by atoms with E-state index in [1.807, 2.05) is 0 Å². The van der Waals surface area contributed by atoms with E-state index in [2.05, 4.69) is 19.6 Å². The van der Waals surface area contributed by atoms with Gasteiger partial charge in [0.05, 0.1) is 29.5 Å². The van der Waals surface area contributed by atoms with Gasteiger partial charge in [0.1, 0.15) is 17.3 Å². The maximum Gasteiger partial charge on any atom is 0.437 e. The largest absolute Gasteiger partial charge is 0.493 e. The third-order valence-electron chi connectivity index (χ3n) is 5.05. The number of unbranched alkanes of at least 4 members (excludes halogenated alkanes) is 1. The zero-order chi connectivity index (χ0) is 27.9. The number of ether oxygens (including phenoxy) is 1. The topological polar surface area (TPSA) is 160 Å². The molecule has 0 unspecified atom stereocenters. The minimum Gasteiger partial charge on any atom is -0.493 e. The molecule has 0 atom stereocenters. The number of hydrogen-bond acceptors (Lipinski definition) is 7. The van der Waals surface area contributed by atoms with Crippen LogP contribution in [-0.2, 0) is 15.9 Å². The third kappa shape index (κ3) is 8.39. The van der Waals surface area contributed by atoms with Gasteiger partial charge in [-0.05, 0) is 60.5 Å². The number of hydrogen-bond donors (Lipinski definition) is 4. The van der Waals surface area contributed by atoms with Crippen LogP contribution in [-0.4, -0.2) is 50.1 Å². The van der Waals surface area contributed by atoms with Crippen molar-refractivity contribution in [3.05, 3.63) is 75.2 Å². The van der Waals surface area contributed by atoms with Crippen LogP contribution in [0.1, 0.15) is 18.4 Å². The Balaban J connectivity index is 1.57. The number of non-ortho nitro benzene ring substituents is 1. The molecule has 11 nitrogen and oxygen atoms in total. The third-order valence-corrected chi connectivity index (χ3v) is 6.80. The maximum absolute atomic E-state index is 14.2. The lowest BCUT2D eigenvalue weighted by molar-refractivity contribution is -0.385. The predicted octanol–water partition coefficient (Wildman–Crippen LogP) is 5.61. The van der Waals surface area contributed by atoms with Crippen LogP contribution in [0.3, 0.4) is 0 Å². The Morgan fingerprint density at radius 3 is 2.71 bits per heavy atom. The second kappa shape index (κ2) is 12.7. The molecule has 3 aromatic rings. The van der Waals surface area contributed by atoms with Crippen molar-refractivity contribution < 1.29 is 32.9 Å². The molecule has 0 aliphatic heterocycles. The van der Waals surface area contributed by atoms with Crippen molar-refractivity contribution in [2.24, 2.45) is 4.36 Å². The molecular weight excluding hydrogens is 548 g/mol. The fourth-order valence-corrected chi connectivity index (χ4v) is 4.93. The number of aromatic nitrogens is 2. The van der Waals surface area contributed by atoms with Gasteiger partial charge in [0.15, 0.2) is 5.82 Å². The molecule has 3 N–H and O–H groups in total. The first-order valence-corrected chi connectivity index (χ1v) is 13.8. The lowest BCUT2D eigenvalue weighted by Crippen LogP contribution is -2.13. The first-order chi connectivity index (χ1) is 17.9. The van der Waals surface area contributed by atoms with Gasteiger partial charge in [-0.25, -0.2) is 23.5 Å². The molecule has 3 rings (SSSR count). The number of nitrogens with one attached hydrogen (secondary N) is 1. The summed E-state index contributed by atoms with van der Waals surface area (Å²) in [6, 6.07) is 7.90. The average Bonchev–Trinajstić information content (AvgIpc) is 2.82. The number of carbonyl (C=O) groups is 1. The van der Waals surface area contributed by atoms with Crippen LogP contribution in [0.5, 0.6) is 5.75 Å². The van der Waals surface area contributed by atoms with E-state index in [0.717, 1.165) is 6.20 Å². The van der Waals surface area contributed by atoms with E-state index in [9.17, 15) is 28.2 Å². The summed E-state index contributed by atoms with van der Waals surface area (Å²) in [5, 5.41) is 22.9. The van der Waals surface area contributed by atoms with Gasteiger partial charge in [0.2, 0.25) is 5.28 Å². The molecule has 1 amide bonds. The molecule has 38 heavy (non-hydrogen) atoms. The lowest BCUT2D eigenvalue weighted by atomic mass is 10.1. The molecule has 0 saturated heterocycles. The molecule has 15 heteroatoms. The van der Waals surface area contributed by atoms with Gasteiger partial charge in [-0.3, -0.25) is 10.1 Å². The molecule has 204 valence electrons. The van der Waals surface area contributed by atoms with E-state index >= 15 is 0 Å². The van der Waals surface area contributed by atoms with E-state index in [1.54, 1.807) is 0 Å². The predicted molar refractivity (Wildman–Crippen MR) is 140 cm³/mol. The summed E-state index contributed by atoms with van der Waals surface area (Å²) in [7, 11) is -3.22. The van der Waals surface area contributed by atoms with Crippen LogP contribution in [0.15, 0.2) is 47.0 Å². The minimum absolute atomic E-state index is 0.0574. The molecular formula is C23H24ClF2N5O6S. The summed E-state index contributed by atoms with van der Waals surface area (Å²) in [4.78, 5) is 28.9. The van der Waals surface area contributed by atoms with Gasteiger partial charge in [0, 0.05) is 23.9 Å². The number of nitro groups is 1. The fraction of sp³-hybridized carbons (Fsp3) is 0.261. The van der Waals surface area contributed by atoms with Crippen molar-refractivity contribution in [2.45, 2.75) is 18.6 Å². The number of nitrogens with zero attached hydrogens (tertiary/aromatic N) is 4. The first-order valence-electron chi connectivity index (χ1n) is 11.1. The first kappa shape index (κ1) is 28.8.